The predicted octanol–water partition coefficient (Wildman–Crippen LogP) is 1.45. The van der Waals surface area contributed by atoms with Crippen LogP contribution < -0.4 is 5.56 Å². The Morgan fingerprint density at radius 1 is 1.36 bits per heavy atom. The van der Waals surface area contributed by atoms with Crippen LogP contribution in [0.1, 0.15) is 25.7 Å². The minimum atomic E-state index is -0.560. The van der Waals surface area contributed by atoms with Crippen molar-refractivity contribution >= 4 is 0 Å². The SMILES string of the molecule is CCOC(OCC)c1ccc[nH]c1=O. The van der Waals surface area contributed by atoms with E-state index in [1.165, 1.54) is 0 Å². The highest BCUT2D eigenvalue weighted by Crippen LogP contribution is 2.14. The van der Waals surface area contributed by atoms with Crippen LogP contribution in [0.4, 0.5) is 0 Å². The van der Waals surface area contributed by atoms with Crippen LogP contribution in [0.15, 0.2) is 23.1 Å². The van der Waals surface area contributed by atoms with Gasteiger partial charge in [0.25, 0.3) is 5.56 Å². The Morgan fingerprint density at radius 2 is 2.00 bits per heavy atom. The topological polar surface area (TPSA) is 51.3 Å². The van der Waals surface area contributed by atoms with E-state index >= 15 is 0 Å². The van der Waals surface area contributed by atoms with Crippen molar-refractivity contribution in [1.29, 1.82) is 0 Å². The average molecular weight is 197 g/mol. The Hall–Kier alpha value is -1.13. The van der Waals surface area contributed by atoms with Gasteiger partial charge in [0.1, 0.15) is 0 Å². The number of hydrogen-bond donors (Lipinski definition) is 1. The molecule has 0 spiro atoms. The van der Waals surface area contributed by atoms with Gasteiger partial charge in [0.2, 0.25) is 0 Å². The summed E-state index contributed by atoms with van der Waals surface area (Å²) in [5, 5.41) is 0. The van der Waals surface area contributed by atoms with Gasteiger partial charge in [0.15, 0.2) is 6.29 Å². The number of rotatable bonds is 5. The van der Waals surface area contributed by atoms with Crippen molar-refractivity contribution in [3.63, 3.8) is 0 Å². The molecule has 0 unspecified atom stereocenters. The number of pyridine rings is 1. The standard InChI is InChI=1S/C10H15NO3/c1-3-13-10(14-4-2)8-6-5-7-11-9(8)12/h5-7,10H,3-4H2,1-2H3,(H,11,12). The third-order valence-corrected chi connectivity index (χ3v) is 1.74. The summed E-state index contributed by atoms with van der Waals surface area (Å²) >= 11 is 0. The largest absolute Gasteiger partial charge is 0.348 e. The smallest absolute Gasteiger partial charge is 0.256 e. The molecule has 0 aliphatic heterocycles. The van der Waals surface area contributed by atoms with E-state index in [9.17, 15) is 4.79 Å². The average Bonchev–Trinajstić information content (AvgIpc) is 2.18. The summed E-state index contributed by atoms with van der Waals surface area (Å²) < 4.78 is 10.6. The Kier molecular flexibility index (Phi) is 4.35. The monoisotopic (exact) mass is 197 g/mol. The minimum absolute atomic E-state index is 0.167. The lowest BCUT2D eigenvalue weighted by molar-refractivity contribution is -0.141. The van der Waals surface area contributed by atoms with Crippen LogP contribution >= 0.6 is 0 Å². The maximum absolute atomic E-state index is 11.4. The third kappa shape index (κ3) is 2.68. The lowest BCUT2D eigenvalue weighted by Gasteiger charge is -2.15. The molecule has 0 atom stereocenters. The second kappa shape index (κ2) is 5.57. The van der Waals surface area contributed by atoms with Crippen LogP contribution in [0.25, 0.3) is 0 Å². The molecule has 0 radical (unpaired) electrons. The zero-order valence-electron chi connectivity index (χ0n) is 8.45. The summed E-state index contributed by atoms with van der Waals surface area (Å²) in [6.45, 7) is 4.75. The Balaban J connectivity index is 2.87. The van der Waals surface area contributed by atoms with E-state index in [0.717, 1.165) is 0 Å². The molecule has 4 nitrogen and oxygen atoms in total. The van der Waals surface area contributed by atoms with Crippen molar-refractivity contribution < 1.29 is 9.47 Å². The molecule has 0 aliphatic rings. The van der Waals surface area contributed by atoms with Crippen LogP contribution in [-0.2, 0) is 9.47 Å². The Labute approximate surface area is 82.9 Å². The van der Waals surface area contributed by atoms with Crippen molar-refractivity contribution in [2.75, 3.05) is 13.2 Å². The number of H-pyrrole nitrogens is 1. The Bertz CT molecular complexity index is 315. The van der Waals surface area contributed by atoms with Crippen LogP contribution in [0.2, 0.25) is 0 Å². The van der Waals surface area contributed by atoms with Gasteiger partial charge in [-0.2, -0.15) is 0 Å². The van der Waals surface area contributed by atoms with Gasteiger partial charge in [-0.1, -0.05) is 0 Å². The van der Waals surface area contributed by atoms with E-state index in [0.29, 0.717) is 18.8 Å². The number of aromatic nitrogens is 1. The van der Waals surface area contributed by atoms with E-state index in [2.05, 4.69) is 4.98 Å². The van der Waals surface area contributed by atoms with E-state index in [-0.39, 0.29) is 5.56 Å². The van der Waals surface area contributed by atoms with Crippen molar-refractivity contribution in [3.8, 4) is 0 Å². The molecule has 1 rings (SSSR count). The Morgan fingerprint density at radius 3 is 2.50 bits per heavy atom. The lowest BCUT2D eigenvalue weighted by Crippen LogP contribution is -2.19. The van der Waals surface area contributed by atoms with Gasteiger partial charge >= 0.3 is 0 Å². The fraction of sp³-hybridized carbons (Fsp3) is 0.500. The summed E-state index contributed by atoms with van der Waals surface area (Å²) in [5.74, 6) is 0. The highest BCUT2D eigenvalue weighted by Gasteiger charge is 2.13. The highest BCUT2D eigenvalue weighted by atomic mass is 16.7. The number of ether oxygens (including phenoxy) is 2. The molecule has 14 heavy (non-hydrogen) atoms. The van der Waals surface area contributed by atoms with Crippen LogP contribution in [0.3, 0.4) is 0 Å². The molecule has 0 saturated heterocycles. The number of nitrogens with one attached hydrogen (secondary N) is 1. The first-order chi connectivity index (χ1) is 6.79. The van der Waals surface area contributed by atoms with Crippen molar-refractivity contribution in [1.82, 2.24) is 4.98 Å². The van der Waals surface area contributed by atoms with E-state index < -0.39 is 6.29 Å². The minimum Gasteiger partial charge on any atom is -0.348 e. The summed E-state index contributed by atoms with van der Waals surface area (Å²) in [4.78, 5) is 14.0. The molecule has 0 aromatic carbocycles. The van der Waals surface area contributed by atoms with Gasteiger partial charge in [-0.05, 0) is 26.0 Å². The molecule has 4 heteroatoms. The van der Waals surface area contributed by atoms with Gasteiger partial charge in [0, 0.05) is 19.4 Å². The maximum Gasteiger partial charge on any atom is 0.256 e. The van der Waals surface area contributed by atoms with Gasteiger partial charge in [-0.15, -0.1) is 0 Å². The molecular formula is C10H15NO3. The molecule has 1 heterocycles. The molecule has 0 fully saturated rings. The molecule has 1 aromatic heterocycles. The normalized spacial score (nSPS) is 10.8. The van der Waals surface area contributed by atoms with Crippen molar-refractivity contribution in [2.45, 2.75) is 20.1 Å². The van der Waals surface area contributed by atoms with Crippen molar-refractivity contribution in [3.05, 3.63) is 34.2 Å². The van der Waals surface area contributed by atoms with Gasteiger partial charge in [0.05, 0.1) is 5.56 Å². The molecule has 1 aromatic rings. The van der Waals surface area contributed by atoms with E-state index in [1.807, 2.05) is 13.8 Å². The maximum atomic E-state index is 11.4. The predicted molar refractivity (Wildman–Crippen MR) is 53.1 cm³/mol. The highest BCUT2D eigenvalue weighted by molar-refractivity contribution is 5.10. The van der Waals surface area contributed by atoms with Gasteiger partial charge in [-0.25, -0.2) is 0 Å². The summed E-state index contributed by atoms with van der Waals surface area (Å²) in [5.41, 5.74) is 0.343. The van der Waals surface area contributed by atoms with Crippen LogP contribution in [-0.4, -0.2) is 18.2 Å². The molecular weight excluding hydrogens is 182 g/mol. The lowest BCUT2D eigenvalue weighted by atomic mass is 10.3. The van der Waals surface area contributed by atoms with Crippen molar-refractivity contribution in [2.24, 2.45) is 0 Å². The second-order valence-electron chi connectivity index (χ2n) is 2.70. The fourth-order valence-corrected chi connectivity index (χ4v) is 1.15. The number of aromatic amines is 1. The molecule has 0 bridgehead atoms. The zero-order chi connectivity index (χ0) is 10.4. The van der Waals surface area contributed by atoms with Gasteiger partial charge < -0.3 is 14.5 Å². The molecule has 0 saturated carbocycles. The summed E-state index contributed by atoms with van der Waals surface area (Å²) in [6, 6.07) is 3.45. The zero-order valence-corrected chi connectivity index (χ0v) is 8.45. The first kappa shape index (κ1) is 10.9. The number of hydrogen-bond acceptors (Lipinski definition) is 3. The van der Waals surface area contributed by atoms with Crippen LogP contribution in [0, 0.1) is 0 Å². The quantitative estimate of drug-likeness (QED) is 0.727. The molecule has 1 N–H and O–H groups in total. The van der Waals surface area contributed by atoms with E-state index in [4.69, 9.17) is 9.47 Å². The summed E-state index contributed by atoms with van der Waals surface area (Å²) in [6.07, 6.45) is 1.02. The second-order valence-corrected chi connectivity index (χ2v) is 2.70. The van der Waals surface area contributed by atoms with Crippen LogP contribution in [0.5, 0.6) is 0 Å². The van der Waals surface area contributed by atoms with Gasteiger partial charge in [-0.3, -0.25) is 4.79 Å². The first-order valence-corrected chi connectivity index (χ1v) is 4.70. The molecule has 78 valence electrons. The summed E-state index contributed by atoms with van der Waals surface area (Å²) in [7, 11) is 0. The first-order valence-electron chi connectivity index (χ1n) is 4.70. The molecule has 0 amide bonds. The molecule has 0 aliphatic carbocycles. The van der Waals surface area contributed by atoms with E-state index in [1.54, 1.807) is 18.3 Å². The fourth-order valence-electron chi connectivity index (χ4n) is 1.15. The third-order valence-electron chi connectivity index (χ3n) is 1.74.